The number of hydrogen-bond donors (Lipinski definition) is 1. The molecule has 1 aliphatic rings. The zero-order valence-corrected chi connectivity index (χ0v) is 15.9. The van der Waals surface area contributed by atoms with Gasteiger partial charge in [-0.25, -0.2) is 0 Å². The van der Waals surface area contributed by atoms with E-state index in [-0.39, 0.29) is 10.2 Å². The lowest BCUT2D eigenvalue weighted by atomic mass is 9.97. The van der Waals surface area contributed by atoms with Gasteiger partial charge >= 0.3 is 0 Å². The van der Waals surface area contributed by atoms with Crippen molar-refractivity contribution in [3.8, 4) is 5.75 Å². The molecule has 1 aliphatic carbocycles. The average Bonchev–Trinajstić information content (AvgIpc) is 2.81. The van der Waals surface area contributed by atoms with E-state index >= 15 is 0 Å². The van der Waals surface area contributed by atoms with Crippen LogP contribution in [0.5, 0.6) is 5.75 Å². The van der Waals surface area contributed by atoms with E-state index in [0.717, 1.165) is 29.5 Å². The Morgan fingerprint density at radius 2 is 2.32 bits per heavy atom. The number of carbonyl (C=O) groups excluding carboxylic acids is 1. The average molecular weight is 431 g/mol. The van der Waals surface area contributed by atoms with Gasteiger partial charge in [-0.05, 0) is 58.5 Å². The van der Waals surface area contributed by atoms with E-state index in [1.54, 1.807) is 6.08 Å². The number of hydrogen-bond acceptors (Lipinski definition) is 2. The highest BCUT2D eigenvalue weighted by atomic mass is 79.9. The first-order valence-corrected chi connectivity index (χ1v) is 9.11. The smallest absolute Gasteiger partial charge is 0.219 e. The van der Waals surface area contributed by atoms with Crippen molar-refractivity contribution in [2.75, 3.05) is 13.2 Å². The fraction of sp³-hybridized carbons (Fsp3) is 0.471. The predicted octanol–water partition coefficient (Wildman–Crippen LogP) is 4.47. The summed E-state index contributed by atoms with van der Waals surface area (Å²) in [5.74, 6) is 0.933. The van der Waals surface area contributed by atoms with Crippen LogP contribution in [0.1, 0.15) is 37.3 Å². The fourth-order valence-electron chi connectivity index (χ4n) is 2.73. The molecule has 1 atom stereocenters. The molecular weight excluding hydrogens is 410 g/mol. The summed E-state index contributed by atoms with van der Waals surface area (Å²) in [5.41, 5.74) is 2.59. The number of fused-ring (bicyclic) bond motifs is 1. The molecule has 3 nitrogen and oxygen atoms in total. The van der Waals surface area contributed by atoms with E-state index in [2.05, 4.69) is 55.9 Å². The monoisotopic (exact) mass is 429 g/mol. The van der Waals surface area contributed by atoms with Crippen LogP contribution in [0.2, 0.25) is 0 Å². The van der Waals surface area contributed by atoms with Crippen LogP contribution in [0.4, 0.5) is 0 Å². The molecule has 0 bridgehead atoms. The molecule has 1 aromatic carbocycles. The van der Waals surface area contributed by atoms with Gasteiger partial charge in [-0.3, -0.25) is 4.79 Å². The number of ether oxygens (including phenoxy) is 1. The number of halogens is 2. The Labute approximate surface area is 148 Å². The molecule has 0 heterocycles. The van der Waals surface area contributed by atoms with Crippen LogP contribution in [0.25, 0.3) is 0 Å². The molecule has 0 fully saturated rings. The molecule has 2 rings (SSSR count). The number of rotatable bonds is 7. The summed E-state index contributed by atoms with van der Waals surface area (Å²) in [6, 6.07) is 4.24. The van der Waals surface area contributed by atoms with Gasteiger partial charge in [0.1, 0.15) is 12.4 Å². The van der Waals surface area contributed by atoms with Crippen LogP contribution in [-0.4, -0.2) is 19.1 Å². The summed E-state index contributed by atoms with van der Waals surface area (Å²) in [4.78, 5) is 11.4. The number of benzene rings is 1. The molecule has 22 heavy (non-hydrogen) atoms. The molecule has 0 aliphatic heterocycles. The Morgan fingerprint density at radius 3 is 3.00 bits per heavy atom. The molecular formula is C17H21Br2NO2. The van der Waals surface area contributed by atoms with Gasteiger partial charge in [0.05, 0.1) is 8.80 Å². The summed E-state index contributed by atoms with van der Waals surface area (Å²) in [6.45, 7) is 6.71. The minimum Gasteiger partial charge on any atom is -0.488 e. The van der Waals surface area contributed by atoms with Crippen LogP contribution in [-0.2, 0) is 15.5 Å². The number of alkyl halides is 1. The summed E-state index contributed by atoms with van der Waals surface area (Å²) < 4.78 is 6.60. The Hall–Kier alpha value is -0.810. The zero-order chi connectivity index (χ0) is 16.2. The van der Waals surface area contributed by atoms with Gasteiger partial charge in [0.25, 0.3) is 0 Å². The molecule has 0 saturated heterocycles. The highest BCUT2D eigenvalue weighted by molar-refractivity contribution is 9.10. The van der Waals surface area contributed by atoms with Crippen LogP contribution >= 0.6 is 31.9 Å². The van der Waals surface area contributed by atoms with E-state index in [0.29, 0.717) is 19.6 Å². The third kappa shape index (κ3) is 3.93. The third-order valence-corrected chi connectivity index (χ3v) is 5.79. The molecule has 1 amide bonds. The van der Waals surface area contributed by atoms with Gasteiger partial charge in [-0.2, -0.15) is 0 Å². The number of amides is 1. The molecule has 1 aromatic rings. The van der Waals surface area contributed by atoms with Crippen LogP contribution in [0.15, 0.2) is 29.3 Å². The molecule has 1 unspecified atom stereocenters. The third-order valence-electron chi connectivity index (χ3n) is 3.95. The minimum atomic E-state index is -0.0870. The van der Waals surface area contributed by atoms with E-state index in [4.69, 9.17) is 4.74 Å². The Kier molecular flexibility index (Phi) is 6.09. The highest BCUT2D eigenvalue weighted by Crippen LogP contribution is 2.49. The zero-order valence-electron chi connectivity index (χ0n) is 12.8. The number of nitrogens with one attached hydrogen (secondary N) is 1. The van der Waals surface area contributed by atoms with E-state index in [9.17, 15) is 4.79 Å². The largest absolute Gasteiger partial charge is 0.488 e. The van der Waals surface area contributed by atoms with Gasteiger partial charge < -0.3 is 10.1 Å². The van der Waals surface area contributed by atoms with E-state index in [1.165, 1.54) is 11.1 Å². The lowest BCUT2D eigenvalue weighted by Crippen LogP contribution is -2.28. The molecule has 5 heteroatoms. The number of aryl methyl sites for hydroxylation is 1. The first kappa shape index (κ1) is 17.5. The van der Waals surface area contributed by atoms with Crippen LogP contribution < -0.4 is 10.1 Å². The SMILES string of the molecule is C=CCOc1cc2c(cc1Br)CCC2(Br)CCNC(=O)CC. The van der Waals surface area contributed by atoms with Crippen molar-refractivity contribution in [2.45, 2.75) is 36.9 Å². The van der Waals surface area contributed by atoms with Crippen molar-refractivity contribution in [1.29, 1.82) is 0 Å². The second-order valence-electron chi connectivity index (χ2n) is 5.46. The van der Waals surface area contributed by atoms with Crippen LogP contribution in [0.3, 0.4) is 0 Å². The fourth-order valence-corrected chi connectivity index (χ4v) is 4.00. The maximum absolute atomic E-state index is 11.4. The normalized spacial score (nSPS) is 19.6. The van der Waals surface area contributed by atoms with Gasteiger partial charge in [-0.15, -0.1) is 0 Å². The van der Waals surface area contributed by atoms with Crippen molar-refractivity contribution in [2.24, 2.45) is 0 Å². The molecule has 0 spiro atoms. The summed E-state index contributed by atoms with van der Waals surface area (Å²) >= 11 is 7.47. The molecule has 120 valence electrons. The summed E-state index contributed by atoms with van der Waals surface area (Å²) in [6.07, 6.45) is 5.19. The second-order valence-corrected chi connectivity index (χ2v) is 7.83. The lowest BCUT2D eigenvalue weighted by molar-refractivity contribution is -0.120. The maximum Gasteiger partial charge on any atom is 0.219 e. The van der Waals surface area contributed by atoms with Crippen molar-refractivity contribution < 1.29 is 9.53 Å². The van der Waals surface area contributed by atoms with Crippen molar-refractivity contribution in [3.63, 3.8) is 0 Å². The van der Waals surface area contributed by atoms with Crippen molar-refractivity contribution >= 4 is 37.8 Å². The standard InChI is InChI=1S/C17H21Br2NO2/c1-3-9-22-15-11-13-12(10-14(15)18)5-6-17(13,19)7-8-20-16(21)4-2/h3,10-11H,1,4-9H2,2H3,(H,20,21). The van der Waals surface area contributed by atoms with E-state index < -0.39 is 0 Å². The van der Waals surface area contributed by atoms with E-state index in [1.807, 2.05) is 6.92 Å². The topological polar surface area (TPSA) is 38.3 Å². The van der Waals surface area contributed by atoms with Gasteiger partial charge in [-0.1, -0.05) is 35.5 Å². The quantitative estimate of drug-likeness (QED) is 0.512. The van der Waals surface area contributed by atoms with Gasteiger partial charge in [0.2, 0.25) is 5.91 Å². The first-order chi connectivity index (χ1) is 10.5. The van der Waals surface area contributed by atoms with Crippen molar-refractivity contribution in [3.05, 3.63) is 40.4 Å². The molecule has 0 aromatic heterocycles. The second kappa shape index (κ2) is 7.64. The van der Waals surface area contributed by atoms with Crippen LogP contribution in [0, 0.1) is 0 Å². The molecule has 0 saturated carbocycles. The Balaban J connectivity index is 2.15. The highest BCUT2D eigenvalue weighted by Gasteiger charge is 2.36. The minimum absolute atomic E-state index is 0.0870. The Bertz CT molecular complexity index is 574. The van der Waals surface area contributed by atoms with Gasteiger partial charge in [0.15, 0.2) is 0 Å². The van der Waals surface area contributed by atoms with Crippen molar-refractivity contribution in [1.82, 2.24) is 5.32 Å². The summed E-state index contributed by atoms with van der Waals surface area (Å²) in [7, 11) is 0. The number of carbonyl (C=O) groups is 1. The molecule has 1 N–H and O–H groups in total. The lowest BCUT2D eigenvalue weighted by Gasteiger charge is -2.24. The molecule has 0 radical (unpaired) electrons. The maximum atomic E-state index is 11.4. The summed E-state index contributed by atoms with van der Waals surface area (Å²) in [5, 5.41) is 2.95. The first-order valence-electron chi connectivity index (χ1n) is 7.52. The predicted molar refractivity (Wildman–Crippen MR) is 96.7 cm³/mol. The Morgan fingerprint density at radius 1 is 1.55 bits per heavy atom. The van der Waals surface area contributed by atoms with Gasteiger partial charge in [0, 0.05) is 13.0 Å².